The molecule has 0 amide bonds. The number of isocyanates is 1. The van der Waals surface area contributed by atoms with Crippen LogP contribution in [-0.4, -0.2) is 20.3 Å². The lowest BCUT2D eigenvalue weighted by Crippen LogP contribution is -2.32. The summed E-state index contributed by atoms with van der Waals surface area (Å²) >= 11 is 0. The molecule has 0 unspecified atom stereocenters. The molecule has 19 heavy (non-hydrogen) atoms. The first-order valence-electron chi connectivity index (χ1n) is 6.11. The first-order valence-corrected chi connectivity index (χ1v) is 6.11. The van der Waals surface area contributed by atoms with E-state index in [1.54, 1.807) is 18.2 Å². The van der Waals surface area contributed by atoms with E-state index in [9.17, 15) is 9.18 Å². The third-order valence-corrected chi connectivity index (χ3v) is 3.63. The number of aliphatic imine (C=N–C) groups is 1. The Bertz CT molecular complexity index is 520. The van der Waals surface area contributed by atoms with Crippen LogP contribution in [0.2, 0.25) is 0 Å². The van der Waals surface area contributed by atoms with Gasteiger partial charge in [-0.1, -0.05) is 0 Å². The van der Waals surface area contributed by atoms with Gasteiger partial charge in [-0.05, 0) is 37.0 Å². The predicted octanol–water partition coefficient (Wildman–Crippen LogP) is 2.89. The SMILES string of the molecule is COc1cc(CF)cc(C2(N=C=O)CCC2)c1OC. The van der Waals surface area contributed by atoms with Gasteiger partial charge in [0.1, 0.15) is 12.2 Å². The molecule has 102 valence electrons. The quantitative estimate of drug-likeness (QED) is 0.607. The second-order valence-electron chi connectivity index (χ2n) is 4.60. The Labute approximate surface area is 111 Å². The Morgan fingerprint density at radius 1 is 1.37 bits per heavy atom. The van der Waals surface area contributed by atoms with Crippen molar-refractivity contribution in [3.05, 3.63) is 23.3 Å². The fourth-order valence-corrected chi connectivity index (χ4v) is 2.48. The first-order chi connectivity index (χ1) is 9.20. The van der Waals surface area contributed by atoms with E-state index in [-0.39, 0.29) is 0 Å². The number of benzene rings is 1. The van der Waals surface area contributed by atoms with Crippen molar-refractivity contribution in [1.82, 2.24) is 0 Å². The third kappa shape index (κ3) is 2.22. The molecule has 0 radical (unpaired) electrons. The Hall–Kier alpha value is -1.87. The van der Waals surface area contributed by atoms with E-state index < -0.39 is 12.2 Å². The van der Waals surface area contributed by atoms with Gasteiger partial charge in [-0.2, -0.15) is 4.99 Å². The van der Waals surface area contributed by atoms with E-state index in [0.29, 0.717) is 22.6 Å². The fourth-order valence-electron chi connectivity index (χ4n) is 2.48. The molecule has 5 heteroatoms. The summed E-state index contributed by atoms with van der Waals surface area (Å²) in [6.07, 6.45) is 4.06. The van der Waals surface area contributed by atoms with Crippen LogP contribution in [0.15, 0.2) is 17.1 Å². The van der Waals surface area contributed by atoms with Crippen molar-refractivity contribution in [2.24, 2.45) is 4.99 Å². The Morgan fingerprint density at radius 3 is 2.53 bits per heavy atom. The summed E-state index contributed by atoms with van der Waals surface area (Å²) in [6.45, 7) is -0.603. The summed E-state index contributed by atoms with van der Waals surface area (Å²) in [6, 6.07) is 3.29. The molecule has 1 saturated carbocycles. The maximum Gasteiger partial charge on any atom is 0.235 e. The minimum atomic E-state index is -0.633. The predicted molar refractivity (Wildman–Crippen MR) is 68.0 cm³/mol. The van der Waals surface area contributed by atoms with E-state index in [0.717, 1.165) is 19.3 Å². The summed E-state index contributed by atoms with van der Waals surface area (Å²) < 4.78 is 23.5. The smallest absolute Gasteiger partial charge is 0.235 e. The van der Waals surface area contributed by atoms with E-state index in [2.05, 4.69) is 4.99 Å². The highest BCUT2D eigenvalue weighted by molar-refractivity contribution is 5.54. The summed E-state index contributed by atoms with van der Waals surface area (Å²) in [5.41, 5.74) is 0.558. The van der Waals surface area contributed by atoms with Crippen LogP contribution >= 0.6 is 0 Å². The van der Waals surface area contributed by atoms with Gasteiger partial charge < -0.3 is 9.47 Å². The Balaban J connectivity index is 2.62. The Morgan fingerprint density at radius 2 is 2.11 bits per heavy atom. The molecular weight excluding hydrogens is 249 g/mol. The molecule has 0 aliphatic heterocycles. The highest BCUT2D eigenvalue weighted by Gasteiger charge is 2.42. The second-order valence-corrected chi connectivity index (χ2v) is 4.60. The molecular formula is C14H16FNO3. The van der Waals surface area contributed by atoms with Gasteiger partial charge in [0.15, 0.2) is 11.5 Å². The van der Waals surface area contributed by atoms with Crippen molar-refractivity contribution >= 4 is 6.08 Å². The van der Waals surface area contributed by atoms with Crippen molar-refractivity contribution in [2.75, 3.05) is 14.2 Å². The van der Waals surface area contributed by atoms with E-state index in [1.165, 1.54) is 14.2 Å². The zero-order valence-electron chi connectivity index (χ0n) is 11.0. The van der Waals surface area contributed by atoms with Gasteiger partial charge in [0.25, 0.3) is 0 Å². The maximum absolute atomic E-state index is 12.9. The molecule has 0 atom stereocenters. The molecule has 1 aromatic rings. The van der Waals surface area contributed by atoms with Crippen molar-refractivity contribution in [1.29, 1.82) is 0 Å². The lowest BCUT2D eigenvalue weighted by molar-refractivity contribution is 0.242. The number of ether oxygens (including phenoxy) is 2. The molecule has 1 aliphatic rings. The van der Waals surface area contributed by atoms with Gasteiger partial charge in [0, 0.05) is 5.56 Å². The number of carbonyl (C=O) groups excluding carboxylic acids is 1. The molecule has 4 nitrogen and oxygen atoms in total. The lowest BCUT2D eigenvalue weighted by Gasteiger charge is -2.38. The number of rotatable bonds is 5. The van der Waals surface area contributed by atoms with E-state index in [1.807, 2.05) is 0 Å². The number of nitrogens with zero attached hydrogens (tertiary/aromatic N) is 1. The number of hydrogen-bond donors (Lipinski definition) is 0. The number of methoxy groups -OCH3 is 2. The van der Waals surface area contributed by atoms with Crippen LogP contribution in [0.5, 0.6) is 11.5 Å². The minimum Gasteiger partial charge on any atom is -0.493 e. The van der Waals surface area contributed by atoms with Crippen LogP contribution in [0.4, 0.5) is 4.39 Å². The van der Waals surface area contributed by atoms with Crippen LogP contribution in [0, 0.1) is 0 Å². The largest absolute Gasteiger partial charge is 0.493 e. The molecule has 0 aromatic heterocycles. The van der Waals surface area contributed by atoms with E-state index in [4.69, 9.17) is 9.47 Å². The molecule has 0 saturated heterocycles. The molecule has 1 aliphatic carbocycles. The highest BCUT2D eigenvalue weighted by Crippen LogP contribution is 2.50. The average Bonchev–Trinajstić information content (AvgIpc) is 2.41. The van der Waals surface area contributed by atoms with Crippen molar-refractivity contribution in [3.8, 4) is 11.5 Å². The van der Waals surface area contributed by atoms with Gasteiger partial charge in [-0.25, -0.2) is 9.18 Å². The van der Waals surface area contributed by atoms with Crippen LogP contribution in [0.3, 0.4) is 0 Å². The van der Waals surface area contributed by atoms with Crippen molar-refractivity contribution in [2.45, 2.75) is 31.5 Å². The van der Waals surface area contributed by atoms with Gasteiger partial charge in [-0.3, -0.25) is 0 Å². The summed E-state index contributed by atoms with van der Waals surface area (Å²) in [4.78, 5) is 14.6. The van der Waals surface area contributed by atoms with Crippen LogP contribution in [-0.2, 0) is 17.0 Å². The monoisotopic (exact) mass is 265 g/mol. The molecule has 1 fully saturated rings. The molecule has 2 rings (SSSR count). The summed E-state index contributed by atoms with van der Waals surface area (Å²) in [5.74, 6) is 0.971. The molecule has 0 N–H and O–H groups in total. The topological polar surface area (TPSA) is 47.9 Å². The number of hydrogen-bond acceptors (Lipinski definition) is 4. The second kappa shape index (κ2) is 5.41. The zero-order chi connectivity index (χ0) is 13.9. The molecule has 0 heterocycles. The lowest BCUT2D eigenvalue weighted by atomic mass is 9.71. The highest BCUT2D eigenvalue weighted by atomic mass is 19.1. The third-order valence-electron chi connectivity index (χ3n) is 3.63. The molecule has 0 bridgehead atoms. The van der Waals surface area contributed by atoms with E-state index >= 15 is 0 Å². The van der Waals surface area contributed by atoms with Crippen LogP contribution in [0.1, 0.15) is 30.4 Å². The van der Waals surface area contributed by atoms with Crippen LogP contribution < -0.4 is 9.47 Å². The van der Waals surface area contributed by atoms with Crippen molar-refractivity contribution < 1.29 is 18.7 Å². The normalized spacial score (nSPS) is 16.2. The van der Waals surface area contributed by atoms with Gasteiger partial charge in [0.2, 0.25) is 6.08 Å². The first kappa shape index (κ1) is 13.6. The van der Waals surface area contributed by atoms with Crippen LogP contribution in [0.25, 0.3) is 0 Å². The Kier molecular flexibility index (Phi) is 3.86. The van der Waals surface area contributed by atoms with Gasteiger partial charge in [0.05, 0.1) is 14.2 Å². The fraction of sp³-hybridized carbons (Fsp3) is 0.500. The van der Waals surface area contributed by atoms with Gasteiger partial charge in [-0.15, -0.1) is 0 Å². The van der Waals surface area contributed by atoms with Crippen molar-refractivity contribution in [3.63, 3.8) is 0 Å². The van der Waals surface area contributed by atoms with Gasteiger partial charge >= 0.3 is 0 Å². The molecule has 0 spiro atoms. The number of alkyl halides is 1. The maximum atomic E-state index is 12.9. The summed E-state index contributed by atoms with van der Waals surface area (Å²) in [5, 5.41) is 0. The molecule has 1 aromatic carbocycles. The standard InChI is InChI=1S/C14H16FNO3/c1-18-12-7-10(8-15)6-11(13(12)19-2)14(16-9-17)4-3-5-14/h6-7H,3-5,8H2,1-2H3. The zero-order valence-corrected chi connectivity index (χ0v) is 11.0. The number of halogens is 1. The minimum absolute atomic E-state index is 0.458. The summed E-state index contributed by atoms with van der Waals surface area (Å²) in [7, 11) is 3.02. The average molecular weight is 265 g/mol.